The van der Waals surface area contributed by atoms with E-state index in [2.05, 4.69) is 194 Å². The molecule has 138 heavy (non-hydrogen) atoms. The van der Waals surface area contributed by atoms with Gasteiger partial charge in [0.1, 0.15) is 45.8 Å². The largest absolute Gasteiger partial charge is 0.381 e. The lowest BCUT2D eigenvalue weighted by atomic mass is 9.85. The Labute approximate surface area is 810 Å². The molecule has 0 radical (unpaired) electrons. The molecule has 8 heterocycles. The van der Waals surface area contributed by atoms with Crippen molar-refractivity contribution in [1.82, 2.24) is 90.6 Å². The van der Waals surface area contributed by atoms with Crippen LogP contribution in [0.1, 0.15) is 269 Å². The molecular weight excluding hydrogens is 1740 g/mol. The van der Waals surface area contributed by atoms with Gasteiger partial charge in [0.15, 0.2) is 0 Å². The van der Waals surface area contributed by atoms with Gasteiger partial charge in [-0.05, 0) is 234 Å². The molecule has 6 N–H and O–H groups in total. The van der Waals surface area contributed by atoms with Gasteiger partial charge < -0.3 is 38.9 Å². The number of allylic oxidation sites excluding steroid dienone is 2. The van der Waals surface area contributed by atoms with Gasteiger partial charge in [0.2, 0.25) is 0 Å². The van der Waals surface area contributed by atoms with E-state index in [1.165, 1.54) is 94.3 Å². The Morgan fingerprint density at radius 1 is 0.406 bits per heavy atom. The molecule has 6 aliphatic rings. The van der Waals surface area contributed by atoms with Crippen LogP contribution in [0, 0.1) is 83.3 Å². The molecule has 28 heteroatoms. The molecular formula is C110H136F2N18O8. The molecule has 26 nitrogen and oxygen atoms in total. The molecule has 6 aromatic heterocycles. The van der Waals surface area contributed by atoms with Gasteiger partial charge in [-0.2, -0.15) is 30.6 Å². The number of benzene rings is 6. The highest BCUT2D eigenvalue weighted by molar-refractivity contribution is 5.95. The van der Waals surface area contributed by atoms with E-state index >= 15 is 0 Å². The minimum absolute atomic E-state index is 0.0100. The van der Waals surface area contributed by atoms with Crippen LogP contribution in [-0.2, 0) is 74.4 Å². The number of H-pyrrole nitrogens is 6. The van der Waals surface area contributed by atoms with E-state index in [0.717, 1.165) is 116 Å². The second-order valence-corrected chi connectivity index (χ2v) is 38.8. The second-order valence-electron chi connectivity index (χ2n) is 38.8. The van der Waals surface area contributed by atoms with Crippen LogP contribution in [0.25, 0.3) is 12.2 Å². The Balaban J connectivity index is 0.000000140. The average Bonchev–Trinajstić information content (AvgIpc) is 1.66. The van der Waals surface area contributed by atoms with E-state index in [4.69, 9.17) is 9.47 Å². The number of amides is 6. The first-order chi connectivity index (χ1) is 66.5. The summed E-state index contributed by atoms with van der Waals surface area (Å²) in [7, 11) is 0. The smallest absolute Gasteiger partial charge is 0.274 e. The van der Waals surface area contributed by atoms with Crippen LogP contribution in [0.3, 0.4) is 0 Å². The highest BCUT2D eigenvalue weighted by Gasteiger charge is 2.34. The van der Waals surface area contributed by atoms with Crippen molar-refractivity contribution in [3.05, 3.63) is 328 Å². The number of unbranched alkanes of at least 4 members (excludes halogenated alkanes) is 2. The highest BCUT2D eigenvalue weighted by Crippen LogP contribution is 2.34. The Hall–Kier alpha value is -13.3. The average molecular weight is 1880 g/mol. The standard InChI is InChI=1S/2C20H25N3O.C19H21N3O2.C17H20FN3O2.C17H22FN3O.C17H23N3O/c1-14-11-19(22-21-14)20(24)23(12-15-5-2-6-15)13-17-9-3-7-16-8-4-10-18(16)17;1-14-11-18(22-21-14)19(24)23(13-20(2,3)4)12-16-9-5-7-15-8-6-10-17(15)16;1-13-8-18(21-20-13)19(23)22(9-14-11-24-12-14)10-16-6-2-4-15-5-3-7-17(15)16;1-11-3-4-14(15(18)5-11)8-21(7-13-9-23-10-13)17(22)16-6-12(2)19-20-16;1-3-4-7-10-21(12-14-8-5-6-9-15(14)18)17(22)16-11-13(2)19-20-16;1-4-8-14(3)20(12-15-9-6-5-7-10-15)17(21)16-11-13(2)18-19-16/h3,7,9,11,15H,2,4-6,8,10,12-13H2,1H3,(H,21,22);5-7,9-11H,8,12-13H2,1-4H3,(H,21,22);2-4,6-8,14H,5,9-12H2,1H3,(H,20,21);3-6,13H,7-10H2,1-2H3,(H,19,20);5-6,8-9,11H,3-4,7,10,12H2,1-2H3,(H,19,20);5-7,9-11,14H,4,8,12H2,1-3H3,(H,18,19). The summed E-state index contributed by atoms with van der Waals surface area (Å²) < 4.78 is 38.4. The number of rotatable bonds is 32. The number of aryl methyl sites for hydroxylation is 8. The SMILES string of the molecule is CCCC(C)N(Cc1ccccc1)C(=O)c1cc(C)[nH]n1.CCCCCN(Cc1ccccc1F)C(=O)c1cc(C)[nH]n1.Cc1cc(C(=O)N(Cc2cccc3c2C=CC3)CC(C)(C)C)n[nH]1.Cc1cc(C(=O)N(Cc2cccc3c2C=CC3)CC2COC2)n[nH]1.Cc1cc(C(=O)N(Cc2cccc3c2CCC3)CC2CCC2)n[nH]1.Cc1ccc(CN(CC2COC2)C(=O)c2cc(C)[nH]n2)c(F)c1. The first kappa shape index (κ1) is 102. The third-order valence-corrected chi connectivity index (χ3v) is 25.5. The Morgan fingerprint density at radius 2 is 0.812 bits per heavy atom. The summed E-state index contributed by atoms with van der Waals surface area (Å²) in [5.74, 6) is 0.454. The predicted octanol–water partition coefficient (Wildman–Crippen LogP) is 19.9. The van der Waals surface area contributed by atoms with Gasteiger partial charge in [-0.3, -0.25) is 59.4 Å². The summed E-state index contributed by atoms with van der Waals surface area (Å²) in [5, 5.41) is 41.6. The van der Waals surface area contributed by atoms with Crippen LogP contribution in [0.15, 0.2) is 176 Å². The number of fused-ring (bicyclic) bond motifs is 3. The molecule has 0 bridgehead atoms. The number of aromatic amines is 6. The van der Waals surface area contributed by atoms with Crippen LogP contribution >= 0.6 is 0 Å². The highest BCUT2D eigenvalue weighted by atomic mass is 19.1. The van der Waals surface area contributed by atoms with Gasteiger partial charge in [-0.15, -0.1) is 0 Å². The molecule has 18 rings (SSSR count). The fourth-order valence-corrected chi connectivity index (χ4v) is 17.8. The predicted molar refractivity (Wildman–Crippen MR) is 534 cm³/mol. The van der Waals surface area contributed by atoms with Gasteiger partial charge in [-0.25, -0.2) is 8.78 Å². The summed E-state index contributed by atoms with van der Waals surface area (Å²) in [6.45, 7) is 35.2. The van der Waals surface area contributed by atoms with E-state index < -0.39 is 0 Å². The summed E-state index contributed by atoms with van der Waals surface area (Å²) in [6.07, 6.45) is 23.1. The van der Waals surface area contributed by atoms with E-state index in [1.54, 1.807) is 52.3 Å². The van der Waals surface area contributed by atoms with E-state index in [-0.39, 0.29) is 71.6 Å². The third-order valence-electron chi connectivity index (χ3n) is 25.5. The summed E-state index contributed by atoms with van der Waals surface area (Å²) in [5.41, 5.74) is 23.0. The molecule has 1 atom stereocenters. The maximum Gasteiger partial charge on any atom is 0.274 e. The molecule has 12 aromatic rings. The zero-order valence-electron chi connectivity index (χ0n) is 82.4. The lowest BCUT2D eigenvalue weighted by molar-refractivity contribution is -0.0443. The van der Waals surface area contributed by atoms with Crippen LogP contribution in [0.5, 0.6) is 0 Å². The molecule has 1 unspecified atom stereocenters. The number of hydrogen-bond donors (Lipinski definition) is 6. The van der Waals surface area contributed by atoms with Crippen molar-refractivity contribution in [1.29, 1.82) is 0 Å². The van der Waals surface area contributed by atoms with Crippen molar-refractivity contribution in [2.24, 2.45) is 23.2 Å². The topological polar surface area (TPSA) is 312 Å². The molecule has 0 spiro atoms. The fourth-order valence-electron chi connectivity index (χ4n) is 17.8. The Bertz CT molecular complexity index is 6110. The fraction of sp³-hybridized carbons (Fsp3) is 0.418. The maximum absolute atomic E-state index is 14.1. The van der Waals surface area contributed by atoms with E-state index in [9.17, 15) is 37.5 Å². The zero-order valence-corrected chi connectivity index (χ0v) is 82.4. The Morgan fingerprint density at radius 3 is 1.24 bits per heavy atom. The molecule has 728 valence electrons. The minimum Gasteiger partial charge on any atom is -0.381 e. The van der Waals surface area contributed by atoms with Crippen molar-refractivity contribution in [2.75, 3.05) is 59.2 Å². The van der Waals surface area contributed by atoms with Gasteiger partial charge in [-0.1, -0.05) is 200 Å². The number of nitrogens with zero attached hydrogens (tertiary/aromatic N) is 12. The lowest BCUT2D eigenvalue weighted by Crippen LogP contribution is -2.42. The number of ether oxygens (including phenoxy) is 2. The number of carbonyl (C=O) groups excluding carboxylic acids is 6. The van der Waals surface area contributed by atoms with Crippen LogP contribution < -0.4 is 0 Å². The van der Waals surface area contributed by atoms with Gasteiger partial charge >= 0.3 is 0 Å². The van der Waals surface area contributed by atoms with Gasteiger partial charge in [0, 0.05) is 135 Å². The number of nitrogens with one attached hydrogen (secondary N) is 6. The number of halogens is 2. The zero-order chi connectivity index (χ0) is 97.9. The minimum atomic E-state index is -0.286. The molecule has 6 aromatic carbocycles. The first-order valence-electron chi connectivity index (χ1n) is 48.7. The van der Waals surface area contributed by atoms with Crippen molar-refractivity contribution < 1.29 is 47.0 Å². The molecule has 4 aliphatic carbocycles. The van der Waals surface area contributed by atoms with E-state index in [1.807, 2.05) is 111 Å². The number of carbonyl (C=O) groups is 6. The molecule has 2 aliphatic heterocycles. The summed E-state index contributed by atoms with van der Waals surface area (Å²) >= 11 is 0. The third kappa shape index (κ3) is 28.7. The van der Waals surface area contributed by atoms with Crippen LogP contribution in [0.4, 0.5) is 8.78 Å². The van der Waals surface area contributed by atoms with E-state index in [0.29, 0.717) is 129 Å². The maximum atomic E-state index is 14.1. The molecule has 1 saturated carbocycles. The van der Waals surface area contributed by atoms with Crippen LogP contribution in [-0.4, -0.2) is 191 Å². The number of aromatic nitrogens is 12. The quantitative estimate of drug-likeness (QED) is 0.0214. The number of hydrogen-bond acceptors (Lipinski definition) is 14. The van der Waals surface area contributed by atoms with Crippen molar-refractivity contribution in [2.45, 2.75) is 219 Å². The van der Waals surface area contributed by atoms with Crippen molar-refractivity contribution >= 4 is 47.6 Å². The summed E-state index contributed by atoms with van der Waals surface area (Å²) in [4.78, 5) is 88.0. The summed E-state index contributed by atoms with van der Waals surface area (Å²) in [6, 6.07) is 51.9. The molecule has 2 saturated heterocycles. The van der Waals surface area contributed by atoms with Crippen molar-refractivity contribution in [3.63, 3.8) is 0 Å². The normalized spacial score (nSPS) is 14.0. The van der Waals surface area contributed by atoms with Gasteiger partial charge in [0.25, 0.3) is 35.4 Å². The molecule has 3 fully saturated rings. The Kier molecular flexibility index (Phi) is 36.3. The monoisotopic (exact) mass is 1880 g/mol. The molecule has 6 amide bonds. The first-order valence-corrected chi connectivity index (χ1v) is 48.7. The lowest BCUT2D eigenvalue weighted by Gasteiger charge is -2.32. The van der Waals surface area contributed by atoms with Crippen molar-refractivity contribution in [3.8, 4) is 0 Å². The second kappa shape index (κ2) is 49.1. The van der Waals surface area contributed by atoms with Gasteiger partial charge in [0.05, 0.1) is 26.4 Å². The van der Waals surface area contributed by atoms with Crippen LogP contribution in [0.2, 0.25) is 0 Å².